The minimum absolute atomic E-state index is 0.822. The Hall–Kier alpha value is -3.18. The number of nitrogens with zero attached hydrogens (tertiary/aromatic N) is 1. The van der Waals surface area contributed by atoms with E-state index >= 15 is 0 Å². The van der Waals surface area contributed by atoms with Gasteiger partial charge in [-0.1, -0.05) is 12.1 Å². The molecule has 0 aliphatic carbocycles. The van der Waals surface area contributed by atoms with Gasteiger partial charge in [0.2, 0.25) is 0 Å². The number of aromatic nitrogens is 2. The summed E-state index contributed by atoms with van der Waals surface area (Å²) < 4.78 is 10.6. The first-order valence-corrected chi connectivity index (χ1v) is 10.5. The molecule has 4 nitrogen and oxygen atoms in total. The molecule has 0 unspecified atom stereocenters. The third kappa shape index (κ3) is 4.00. The molecule has 146 valence electrons. The van der Waals surface area contributed by atoms with E-state index in [-0.39, 0.29) is 0 Å². The number of ether oxygens (including phenoxy) is 2. The normalized spacial score (nSPS) is 10.7. The van der Waals surface area contributed by atoms with Crippen LogP contribution in [0.5, 0.6) is 11.5 Å². The predicted molar refractivity (Wildman–Crippen MR) is 120 cm³/mol. The number of imidazole rings is 1. The second-order valence-corrected chi connectivity index (χ2v) is 7.37. The monoisotopic (exact) mass is 402 g/mol. The highest BCUT2D eigenvalue weighted by molar-refractivity contribution is 7.98. The summed E-state index contributed by atoms with van der Waals surface area (Å²) in [5.41, 5.74) is 5.01. The number of benzene rings is 3. The summed E-state index contributed by atoms with van der Waals surface area (Å²) in [4.78, 5) is 9.70. The number of rotatable bonds is 6. The quantitative estimate of drug-likeness (QED) is 0.393. The van der Waals surface area contributed by atoms with Crippen LogP contribution in [0.25, 0.3) is 33.9 Å². The maximum absolute atomic E-state index is 5.30. The zero-order valence-electron chi connectivity index (χ0n) is 16.6. The van der Waals surface area contributed by atoms with Crippen LogP contribution in [0.4, 0.5) is 0 Å². The van der Waals surface area contributed by atoms with Crippen LogP contribution in [-0.4, -0.2) is 30.4 Å². The van der Waals surface area contributed by atoms with Crippen molar-refractivity contribution in [2.24, 2.45) is 0 Å². The van der Waals surface area contributed by atoms with E-state index in [1.54, 1.807) is 26.0 Å². The summed E-state index contributed by atoms with van der Waals surface area (Å²) in [6.45, 7) is 0. The van der Waals surface area contributed by atoms with Crippen molar-refractivity contribution in [2.75, 3.05) is 20.5 Å². The Balaban J connectivity index is 1.82. The summed E-state index contributed by atoms with van der Waals surface area (Å²) >= 11 is 1.73. The lowest BCUT2D eigenvalue weighted by Crippen LogP contribution is -1.87. The topological polar surface area (TPSA) is 47.1 Å². The molecule has 0 bridgehead atoms. The molecule has 1 aromatic heterocycles. The minimum atomic E-state index is 0.822. The second-order valence-electron chi connectivity index (χ2n) is 6.49. The fraction of sp³-hybridized carbons (Fsp3) is 0.125. The summed E-state index contributed by atoms with van der Waals surface area (Å²) in [6.07, 6.45) is 2.07. The largest absolute Gasteiger partial charge is 0.497 e. The fourth-order valence-corrected chi connectivity index (χ4v) is 3.59. The molecule has 0 spiro atoms. The van der Waals surface area contributed by atoms with Crippen molar-refractivity contribution < 1.29 is 9.47 Å². The smallest absolute Gasteiger partial charge is 0.138 e. The molecule has 29 heavy (non-hydrogen) atoms. The van der Waals surface area contributed by atoms with E-state index in [0.717, 1.165) is 45.4 Å². The first kappa shape index (κ1) is 19.2. The van der Waals surface area contributed by atoms with Crippen molar-refractivity contribution >= 4 is 11.8 Å². The molecule has 0 saturated heterocycles. The number of aromatic amines is 1. The molecular formula is C24H22N2O2S. The lowest BCUT2D eigenvalue weighted by molar-refractivity contribution is 0.414. The van der Waals surface area contributed by atoms with Crippen LogP contribution in [0.3, 0.4) is 0 Å². The van der Waals surface area contributed by atoms with Gasteiger partial charge in [0.1, 0.15) is 17.3 Å². The Kier molecular flexibility index (Phi) is 5.58. The average molecular weight is 403 g/mol. The molecule has 3 aromatic carbocycles. The van der Waals surface area contributed by atoms with Gasteiger partial charge in [0.15, 0.2) is 0 Å². The molecular weight excluding hydrogens is 380 g/mol. The van der Waals surface area contributed by atoms with Crippen molar-refractivity contribution in [3.05, 3.63) is 72.8 Å². The van der Waals surface area contributed by atoms with Gasteiger partial charge in [-0.05, 0) is 66.9 Å². The number of thioether (sulfide) groups is 1. The summed E-state index contributed by atoms with van der Waals surface area (Å²) in [5.74, 6) is 2.49. The van der Waals surface area contributed by atoms with Crippen LogP contribution in [0, 0.1) is 0 Å². The summed E-state index contributed by atoms with van der Waals surface area (Å²) in [5, 5.41) is 0. The van der Waals surface area contributed by atoms with Gasteiger partial charge in [-0.15, -0.1) is 11.8 Å². The predicted octanol–water partition coefficient (Wildman–Crippen LogP) is 6.15. The molecule has 5 heteroatoms. The van der Waals surface area contributed by atoms with Crippen molar-refractivity contribution in [3.63, 3.8) is 0 Å². The van der Waals surface area contributed by atoms with Gasteiger partial charge in [-0.25, -0.2) is 4.98 Å². The molecule has 4 rings (SSSR count). The van der Waals surface area contributed by atoms with Crippen LogP contribution < -0.4 is 9.47 Å². The Morgan fingerprint density at radius 2 is 1.21 bits per heavy atom. The molecule has 1 heterocycles. The van der Waals surface area contributed by atoms with Crippen LogP contribution in [0.1, 0.15) is 0 Å². The molecule has 0 aliphatic heterocycles. The summed E-state index contributed by atoms with van der Waals surface area (Å²) in [6, 6.07) is 24.4. The van der Waals surface area contributed by atoms with Crippen LogP contribution in [0.2, 0.25) is 0 Å². The van der Waals surface area contributed by atoms with Gasteiger partial charge < -0.3 is 14.5 Å². The minimum Gasteiger partial charge on any atom is -0.497 e. The Morgan fingerprint density at radius 1 is 0.690 bits per heavy atom. The Bertz CT molecular complexity index is 1020. The highest BCUT2D eigenvalue weighted by Gasteiger charge is 2.15. The number of H-pyrrole nitrogens is 1. The molecule has 4 aromatic rings. The Labute approximate surface area is 174 Å². The van der Waals surface area contributed by atoms with E-state index < -0.39 is 0 Å². The third-order valence-corrected chi connectivity index (χ3v) is 5.55. The third-order valence-electron chi connectivity index (χ3n) is 4.81. The first-order valence-electron chi connectivity index (χ1n) is 9.25. The fourth-order valence-electron chi connectivity index (χ4n) is 3.18. The molecule has 0 atom stereocenters. The van der Waals surface area contributed by atoms with Crippen LogP contribution in [-0.2, 0) is 0 Å². The van der Waals surface area contributed by atoms with Crippen molar-refractivity contribution in [2.45, 2.75) is 4.90 Å². The first-order chi connectivity index (χ1) is 14.2. The van der Waals surface area contributed by atoms with Crippen molar-refractivity contribution in [1.82, 2.24) is 9.97 Å². The van der Waals surface area contributed by atoms with E-state index in [0.29, 0.717) is 0 Å². The highest BCUT2D eigenvalue weighted by atomic mass is 32.2. The van der Waals surface area contributed by atoms with Gasteiger partial charge >= 0.3 is 0 Å². The number of hydrogen-bond acceptors (Lipinski definition) is 4. The number of nitrogens with one attached hydrogen (secondary N) is 1. The van der Waals surface area contributed by atoms with Gasteiger partial charge in [-0.2, -0.15) is 0 Å². The van der Waals surface area contributed by atoms with Crippen LogP contribution >= 0.6 is 11.8 Å². The van der Waals surface area contributed by atoms with Gasteiger partial charge in [-0.3, -0.25) is 0 Å². The lowest BCUT2D eigenvalue weighted by atomic mass is 10.0. The zero-order chi connectivity index (χ0) is 20.2. The van der Waals surface area contributed by atoms with Gasteiger partial charge in [0.25, 0.3) is 0 Å². The van der Waals surface area contributed by atoms with Gasteiger partial charge in [0.05, 0.1) is 25.6 Å². The molecule has 0 amide bonds. The maximum atomic E-state index is 5.30. The van der Waals surface area contributed by atoms with E-state index in [4.69, 9.17) is 14.5 Å². The van der Waals surface area contributed by atoms with Crippen molar-refractivity contribution in [1.29, 1.82) is 0 Å². The Morgan fingerprint density at radius 3 is 1.72 bits per heavy atom. The molecule has 1 N–H and O–H groups in total. The summed E-state index contributed by atoms with van der Waals surface area (Å²) in [7, 11) is 3.34. The van der Waals surface area contributed by atoms with E-state index in [1.807, 2.05) is 48.5 Å². The maximum Gasteiger partial charge on any atom is 0.138 e. The SMILES string of the molecule is COc1ccc(-c2nc(-c3ccc(SC)cc3)[nH]c2-c2ccc(OC)cc2)cc1. The molecule has 0 radical (unpaired) electrons. The van der Waals surface area contributed by atoms with E-state index in [1.165, 1.54) is 4.90 Å². The molecule has 0 fully saturated rings. The number of hydrogen-bond donors (Lipinski definition) is 1. The standard InChI is InChI=1S/C24H22N2O2S/c1-27-19-10-4-16(5-11-19)22-23(17-6-12-20(28-2)13-7-17)26-24(25-22)18-8-14-21(29-3)15-9-18/h4-15H,1-3H3,(H,25,26). The lowest BCUT2D eigenvalue weighted by Gasteiger charge is -2.06. The van der Waals surface area contributed by atoms with Crippen molar-refractivity contribution in [3.8, 4) is 45.4 Å². The number of methoxy groups -OCH3 is 2. The molecule has 0 saturated carbocycles. The van der Waals surface area contributed by atoms with E-state index in [9.17, 15) is 0 Å². The second kappa shape index (κ2) is 8.45. The molecule has 0 aliphatic rings. The van der Waals surface area contributed by atoms with Gasteiger partial charge in [0, 0.05) is 21.6 Å². The van der Waals surface area contributed by atoms with Crippen LogP contribution in [0.15, 0.2) is 77.7 Å². The van der Waals surface area contributed by atoms with E-state index in [2.05, 4.69) is 35.5 Å². The highest BCUT2D eigenvalue weighted by Crippen LogP contribution is 2.34. The zero-order valence-corrected chi connectivity index (χ0v) is 17.4. The average Bonchev–Trinajstić information content (AvgIpc) is 3.24.